The minimum atomic E-state index is 0.118. The molecular formula is C11H14O2. The van der Waals surface area contributed by atoms with Crippen LogP contribution in [0, 0.1) is 0 Å². The van der Waals surface area contributed by atoms with Crippen LogP contribution < -0.4 is 0 Å². The van der Waals surface area contributed by atoms with E-state index in [9.17, 15) is 0 Å². The predicted octanol–water partition coefficient (Wildman–Crippen LogP) is 2.06. The van der Waals surface area contributed by atoms with Gasteiger partial charge in [-0.25, -0.2) is 0 Å². The van der Waals surface area contributed by atoms with Crippen LogP contribution in [0.25, 0.3) is 6.08 Å². The Morgan fingerprint density at radius 2 is 2.08 bits per heavy atom. The zero-order chi connectivity index (χ0) is 9.52. The number of hydrogen-bond donors (Lipinski definition) is 1. The van der Waals surface area contributed by atoms with Gasteiger partial charge in [-0.3, -0.25) is 0 Å². The second-order valence-corrected chi connectivity index (χ2v) is 2.70. The quantitative estimate of drug-likeness (QED) is 0.715. The third kappa shape index (κ3) is 3.30. The van der Waals surface area contributed by atoms with Crippen LogP contribution in [0.1, 0.15) is 12.0 Å². The van der Waals surface area contributed by atoms with Crippen molar-refractivity contribution >= 4 is 6.08 Å². The highest BCUT2D eigenvalue weighted by atomic mass is 16.5. The highest BCUT2D eigenvalue weighted by molar-refractivity contribution is 5.50. The van der Waals surface area contributed by atoms with Crippen molar-refractivity contribution in [3.63, 3.8) is 0 Å². The Labute approximate surface area is 78.5 Å². The molecular weight excluding hydrogens is 164 g/mol. The van der Waals surface area contributed by atoms with Gasteiger partial charge in [0.1, 0.15) is 0 Å². The molecule has 0 aliphatic carbocycles. The first kappa shape index (κ1) is 9.81. The van der Waals surface area contributed by atoms with Crippen LogP contribution in [-0.4, -0.2) is 18.8 Å². The molecule has 2 nitrogen and oxygen atoms in total. The van der Waals surface area contributed by atoms with Crippen molar-refractivity contribution < 1.29 is 9.84 Å². The molecule has 0 aliphatic heterocycles. The smallest absolute Gasteiger partial charge is 0.0984 e. The van der Waals surface area contributed by atoms with E-state index in [0.29, 0.717) is 6.42 Å². The van der Waals surface area contributed by atoms with Gasteiger partial charge in [0.05, 0.1) is 19.5 Å². The molecule has 1 rings (SSSR count). The standard InChI is InChI=1S/C11H14O2/c1-13-11(7-8-12)9-10-5-3-2-4-6-10/h2-6,9,12H,7-8H2,1H3/b11-9-. The maximum Gasteiger partial charge on any atom is 0.0984 e. The summed E-state index contributed by atoms with van der Waals surface area (Å²) in [7, 11) is 1.62. The molecule has 1 aromatic carbocycles. The number of aliphatic hydroxyl groups is 1. The fraction of sp³-hybridized carbons (Fsp3) is 0.273. The summed E-state index contributed by atoms with van der Waals surface area (Å²) in [6.07, 6.45) is 2.49. The molecule has 0 saturated carbocycles. The van der Waals surface area contributed by atoms with E-state index in [2.05, 4.69) is 0 Å². The van der Waals surface area contributed by atoms with Gasteiger partial charge in [0, 0.05) is 6.42 Å². The second-order valence-electron chi connectivity index (χ2n) is 2.70. The van der Waals surface area contributed by atoms with Crippen LogP contribution in [0.2, 0.25) is 0 Å². The van der Waals surface area contributed by atoms with Gasteiger partial charge < -0.3 is 9.84 Å². The molecule has 70 valence electrons. The van der Waals surface area contributed by atoms with E-state index >= 15 is 0 Å². The average Bonchev–Trinajstić information content (AvgIpc) is 2.19. The van der Waals surface area contributed by atoms with E-state index in [-0.39, 0.29) is 6.61 Å². The first-order valence-corrected chi connectivity index (χ1v) is 4.27. The Hall–Kier alpha value is -1.28. The van der Waals surface area contributed by atoms with Gasteiger partial charge in [-0.15, -0.1) is 0 Å². The first-order chi connectivity index (χ1) is 6.36. The van der Waals surface area contributed by atoms with Crippen molar-refractivity contribution in [2.45, 2.75) is 6.42 Å². The molecule has 0 aromatic heterocycles. The molecule has 0 heterocycles. The molecule has 0 unspecified atom stereocenters. The van der Waals surface area contributed by atoms with E-state index in [1.807, 2.05) is 36.4 Å². The van der Waals surface area contributed by atoms with Crippen molar-refractivity contribution in [3.8, 4) is 0 Å². The van der Waals surface area contributed by atoms with Crippen LogP contribution in [0.3, 0.4) is 0 Å². The normalized spacial score (nSPS) is 11.4. The zero-order valence-electron chi connectivity index (χ0n) is 7.73. The van der Waals surface area contributed by atoms with Crippen LogP contribution in [0.5, 0.6) is 0 Å². The largest absolute Gasteiger partial charge is 0.501 e. The SMILES string of the molecule is CO/C(=C\c1ccccc1)CCO. The molecule has 0 atom stereocenters. The third-order valence-electron chi connectivity index (χ3n) is 1.75. The molecule has 1 N–H and O–H groups in total. The summed E-state index contributed by atoms with van der Waals surface area (Å²) in [6.45, 7) is 0.118. The summed E-state index contributed by atoms with van der Waals surface area (Å²) in [5.41, 5.74) is 1.09. The summed E-state index contributed by atoms with van der Waals surface area (Å²) < 4.78 is 5.10. The van der Waals surface area contributed by atoms with Gasteiger partial charge in [0.15, 0.2) is 0 Å². The van der Waals surface area contributed by atoms with E-state index < -0.39 is 0 Å². The van der Waals surface area contributed by atoms with Gasteiger partial charge in [-0.1, -0.05) is 30.3 Å². The van der Waals surface area contributed by atoms with E-state index in [1.54, 1.807) is 7.11 Å². The predicted molar refractivity (Wildman–Crippen MR) is 53.1 cm³/mol. The van der Waals surface area contributed by atoms with Crippen LogP contribution in [-0.2, 0) is 4.74 Å². The van der Waals surface area contributed by atoms with E-state index in [1.165, 1.54) is 0 Å². The monoisotopic (exact) mass is 178 g/mol. The first-order valence-electron chi connectivity index (χ1n) is 4.27. The van der Waals surface area contributed by atoms with Gasteiger partial charge >= 0.3 is 0 Å². The fourth-order valence-corrected chi connectivity index (χ4v) is 1.08. The molecule has 0 saturated heterocycles. The van der Waals surface area contributed by atoms with Crippen molar-refractivity contribution in [2.24, 2.45) is 0 Å². The lowest BCUT2D eigenvalue weighted by atomic mass is 10.2. The summed E-state index contributed by atoms with van der Waals surface area (Å²) in [6, 6.07) is 9.90. The summed E-state index contributed by atoms with van der Waals surface area (Å²) in [4.78, 5) is 0. The molecule has 13 heavy (non-hydrogen) atoms. The number of ether oxygens (including phenoxy) is 1. The van der Waals surface area contributed by atoms with Gasteiger partial charge in [0.2, 0.25) is 0 Å². The van der Waals surface area contributed by atoms with E-state index in [4.69, 9.17) is 9.84 Å². The van der Waals surface area contributed by atoms with Gasteiger partial charge in [0.25, 0.3) is 0 Å². The molecule has 0 fully saturated rings. The number of benzene rings is 1. The molecule has 0 amide bonds. The second kappa shape index (κ2) is 5.38. The average molecular weight is 178 g/mol. The van der Waals surface area contributed by atoms with Crippen molar-refractivity contribution in [3.05, 3.63) is 41.7 Å². The lowest BCUT2D eigenvalue weighted by Crippen LogP contribution is -1.90. The summed E-state index contributed by atoms with van der Waals surface area (Å²) in [5.74, 6) is 0.800. The fourth-order valence-electron chi connectivity index (χ4n) is 1.08. The lowest BCUT2D eigenvalue weighted by Gasteiger charge is -2.03. The Morgan fingerprint density at radius 1 is 1.38 bits per heavy atom. The minimum absolute atomic E-state index is 0.118. The number of aliphatic hydroxyl groups excluding tert-OH is 1. The minimum Gasteiger partial charge on any atom is -0.501 e. The van der Waals surface area contributed by atoms with Crippen LogP contribution in [0.15, 0.2) is 36.1 Å². The maximum absolute atomic E-state index is 8.72. The van der Waals surface area contributed by atoms with Crippen LogP contribution >= 0.6 is 0 Å². The topological polar surface area (TPSA) is 29.5 Å². The van der Waals surface area contributed by atoms with Crippen molar-refractivity contribution in [1.29, 1.82) is 0 Å². The zero-order valence-corrected chi connectivity index (χ0v) is 7.73. The molecule has 2 heteroatoms. The Kier molecular flexibility index (Phi) is 4.06. The Morgan fingerprint density at radius 3 is 2.62 bits per heavy atom. The highest BCUT2D eigenvalue weighted by Crippen LogP contribution is 2.09. The molecule has 0 aliphatic rings. The number of methoxy groups -OCH3 is 1. The Balaban J connectivity index is 2.73. The van der Waals surface area contributed by atoms with Gasteiger partial charge in [-0.2, -0.15) is 0 Å². The van der Waals surface area contributed by atoms with Crippen LogP contribution in [0.4, 0.5) is 0 Å². The summed E-state index contributed by atoms with van der Waals surface area (Å²) >= 11 is 0. The highest BCUT2D eigenvalue weighted by Gasteiger charge is 1.94. The van der Waals surface area contributed by atoms with E-state index in [0.717, 1.165) is 11.3 Å². The van der Waals surface area contributed by atoms with Crippen molar-refractivity contribution in [1.82, 2.24) is 0 Å². The maximum atomic E-state index is 8.72. The molecule has 0 bridgehead atoms. The number of rotatable bonds is 4. The summed E-state index contributed by atoms with van der Waals surface area (Å²) in [5, 5.41) is 8.72. The van der Waals surface area contributed by atoms with Gasteiger partial charge in [-0.05, 0) is 11.6 Å². The molecule has 0 spiro atoms. The molecule has 0 radical (unpaired) electrons. The molecule has 1 aromatic rings. The lowest BCUT2D eigenvalue weighted by molar-refractivity contribution is 0.234. The third-order valence-corrected chi connectivity index (χ3v) is 1.75. The number of hydrogen-bond acceptors (Lipinski definition) is 2. The van der Waals surface area contributed by atoms with Crippen molar-refractivity contribution in [2.75, 3.05) is 13.7 Å². The Bertz CT molecular complexity index is 265.